The topological polar surface area (TPSA) is 155 Å². The van der Waals surface area contributed by atoms with Crippen LogP contribution in [0.4, 0.5) is 5.82 Å². The maximum atomic E-state index is 12.2. The van der Waals surface area contributed by atoms with E-state index in [4.69, 9.17) is 15.2 Å². The largest absolute Gasteiger partial charge is 0.493 e. The van der Waals surface area contributed by atoms with E-state index in [0.717, 1.165) is 0 Å². The number of ether oxygens (including phenoxy) is 2. The molecule has 2 rings (SSSR count). The van der Waals surface area contributed by atoms with Gasteiger partial charge in [-0.3, -0.25) is 4.79 Å². The molecule has 0 fully saturated rings. The molecule has 1 aromatic heterocycles. The van der Waals surface area contributed by atoms with Crippen LogP contribution >= 0.6 is 0 Å². The van der Waals surface area contributed by atoms with Crippen LogP contribution in [0.5, 0.6) is 11.5 Å². The number of aromatic nitrogens is 1. The smallest absolute Gasteiger partial charge is 0.342 e. The fraction of sp³-hybridized carbons (Fsp3) is 0.278. The van der Waals surface area contributed by atoms with E-state index in [2.05, 4.69) is 4.98 Å². The molecule has 150 valence electrons. The number of rotatable bonds is 8. The minimum atomic E-state index is -1.60. The molecule has 10 heteroatoms. The van der Waals surface area contributed by atoms with Crippen molar-refractivity contribution in [3.05, 3.63) is 39.7 Å². The lowest BCUT2D eigenvalue weighted by atomic mass is 9.94. The minimum Gasteiger partial charge on any atom is -0.493 e. The second-order valence-corrected chi connectivity index (χ2v) is 6.09. The summed E-state index contributed by atoms with van der Waals surface area (Å²) in [5, 5.41) is 19.1. The van der Waals surface area contributed by atoms with Crippen LogP contribution in [0.15, 0.2) is 23.0 Å². The lowest BCUT2D eigenvalue weighted by Crippen LogP contribution is -2.24. The fourth-order valence-corrected chi connectivity index (χ4v) is 2.67. The standard InChI is InChI=1S/C18H21N3O7/c1-21(2)7-8-28-14-9(5-4-6-10(14)27-3)11-12(17(23)24)15(19)20-16(22)13(11)18(25)26/h4-6H,7-8H2,1-3H3,(H,23,24)(H,25,26)(H3,19,20,22). The van der Waals surface area contributed by atoms with Crippen molar-refractivity contribution in [2.24, 2.45) is 0 Å². The number of carboxylic acid groups (broad SMARTS) is 2. The van der Waals surface area contributed by atoms with Gasteiger partial charge in [0.15, 0.2) is 11.5 Å². The highest BCUT2D eigenvalue weighted by Crippen LogP contribution is 2.41. The number of nitrogens with zero attached hydrogens (tertiary/aromatic N) is 1. The van der Waals surface area contributed by atoms with Gasteiger partial charge in [0.2, 0.25) is 0 Å². The molecule has 0 atom stereocenters. The maximum Gasteiger partial charge on any atom is 0.342 e. The molecule has 0 saturated heterocycles. The molecular weight excluding hydrogens is 370 g/mol. The van der Waals surface area contributed by atoms with Gasteiger partial charge in [-0.25, -0.2) is 9.59 Å². The molecule has 1 aromatic carbocycles. The first kappa shape index (κ1) is 20.8. The third-order valence-corrected chi connectivity index (χ3v) is 3.93. The Morgan fingerprint density at radius 3 is 2.36 bits per heavy atom. The highest BCUT2D eigenvalue weighted by Gasteiger charge is 2.29. The lowest BCUT2D eigenvalue weighted by molar-refractivity contribution is 0.0695. The monoisotopic (exact) mass is 391 g/mol. The van der Waals surface area contributed by atoms with Gasteiger partial charge in [-0.05, 0) is 20.2 Å². The number of hydrogen-bond acceptors (Lipinski definition) is 7. The second-order valence-electron chi connectivity index (χ2n) is 6.09. The van der Waals surface area contributed by atoms with Crippen molar-refractivity contribution in [1.82, 2.24) is 9.88 Å². The lowest BCUT2D eigenvalue weighted by Gasteiger charge is -2.19. The molecule has 0 spiro atoms. The van der Waals surface area contributed by atoms with Crippen molar-refractivity contribution >= 4 is 17.8 Å². The summed E-state index contributed by atoms with van der Waals surface area (Å²) >= 11 is 0. The zero-order chi connectivity index (χ0) is 21.0. The quantitative estimate of drug-likeness (QED) is 0.515. The van der Waals surface area contributed by atoms with Crippen LogP contribution in [0.2, 0.25) is 0 Å². The predicted octanol–water partition coefficient (Wildman–Crippen LogP) is 0.970. The predicted molar refractivity (Wildman–Crippen MR) is 101 cm³/mol. The van der Waals surface area contributed by atoms with E-state index in [-0.39, 0.29) is 29.2 Å². The molecule has 0 saturated carbocycles. The number of aromatic amines is 1. The summed E-state index contributed by atoms with van der Waals surface area (Å²) in [7, 11) is 5.07. The third kappa shape index (κ3) is 4.07. The third-order valence-electron chi connectivity index (χ3n) is 3.93. The Hall–Kier alpha value is -3.53. The minimum absolute atomic E-state index is 0.0747. The van der Waals surface area contributed by atoms with Crippen LogP contribution in [-0.4, -0.2) is 66.4 Å². The zero-order valence-electron chi connectivity index (χ0n) is 15.6. The molecule has 0 unspecified atom stereocenters. The number of benzene rings is 1. The molecule has 0 bridgehead atoms. The van der Waals surface area contributed by atoms with Gasteiger partial charge in [0.25, 0.3) is 5.56 Å². The molecule has 0 aliphatic rings. The SMILES string of the molecule is COc1cccc(-c2c(C(=O)O)c(N)[nH]c(=O)c2C(=O)O)c1OCCN(C)C. The zero-order valence-corrected chi connectivity index (χ0v) is 15.6. The summed E-state index contributed by atoms with van der Waals surface area (Å²) in [5.74, 6) is -3.18. The number of H-pyrrole nitrogens is 1. The van der Waals surface area contributed by atoms with Crippen molar-refractivity contribution in [3.63, 3.8) is 0 Å². The summed E-state index contributed by atoms with van der Waals surface area (Å²) in [4.78, 5) is 39.7. The fourth-order valence-electron chi connectivity index (χ4n) is 2.67. The number of anilines is 1. The van der Waals surface area contributed by atoms with Gasteiger partial charge in [-0.2, -0.15) is 0 Å². The van der Waals surface area contributed by atoms with Crippen molar-refractivity contribution in [1.29, 1.82) is 0 Å². The summed E-state index contributed by atoms with van der Waals surface area (Å²) in [6.07, 6.45) is 0. The van der Waals surface area contributed by atoms with Crippen LogP contribution in [0.25, 0.3) is 11.1 Å². The van der Waals surface area contributed by atoms with E-state index in [0.29, 0.717) is 6.54 Å². The Morgan fingerprint density at radius 2 is 1.82 bits per heavy atom. The average Bonchev–Trinajstić information content (AvgIpc) is 2.59. The number of carbonyl (C=O) groups is 2. The number of aromatic carboxylic acids is 2. The van der Waals surface area contributed by atoms with Crippen LogP contribution < -0.4 is 20.8 Å². The molecule has 10 nitrogen and oxygen atoms in total. The molecule has 0 amide bonds. The Balaban J connectivity index is 2.85. The Kier molecular flexibility index (Phi) is 6.26. The van der Waals surface area contributed by atoms with Gasteiger partial charge >= 0.3 is 11.9 Å². The molecule has 0 aliphatic heterocycles. The van der Waals surface area contributed by atoms with E-state index < -0.39 is 34.4 Å². The summed E-state index contributed by atoms with van der Waals surface area (Å²) < 4.78 is 11.0. The summed E-state index contributed by atoms with van der Waals surface area (Å²) in [6, 6.07) is 4.55. The molecule has 2 aromatic rings. The highest BCUT2D eigenvalue weighted by atomic mass is 16.5. The summed E-state index contributed by atoms with van der Waals surface area (Å²) in [5.41, 5.74) is 3.10. The molecule has 0 aliphatic carbocycles. The van der Waals surface area contributed by atoms with Crippen molar-refractivity contribution in [2.75, 3.05) is 40.1 Å². The van der Waals surface area contributed by atoms with E-state index >= 15 is 0 Å². The van der Waals surface area contributed by atoms with E-state index in [1.807, 2.05) is 19.0 Å². The number of pyridine rings is 1. The van der Waals surface area contributed by atoms with Crippen LogP contribution in [-0.2, 0) is 0 Å². The van der Waals surface area contributed by atoms with Crippen LogP contribution in [0.3, 0.4) is 0 Å². The van der Waals surface area contributed by atoms with Gasteiger partial charge in [0, 0.05) is 17.7 Å². The number of likely N-dealkylation sites (N-methyl/N-ethyl adjacent to an activating group) is 1. The molecule has 1 heterocycles. The first-order valence-electron chi connectivity index (χ1n) is 8.16. The van der Waals surface area contributed by atoms with Crippen molar-refractivity contribution in [3.8, 4) is 22.6 Å². The van der Waals surface area contributed by atoms with Crippen molar-refractivity contribution < 1.29 is 29.3 Å². The van der Waals surface area contributed by atoms with E-state index in [9.17, 15) is 24.6 Å². The van der Waals surface area contributed by atoms with E-state index in [1.165, 1.54) is 19.2 Å². The van der Waals surface area contributed by atoms with Crippen LogP contribution in [0.1, 0.15) is 20.7 Å². The number of para-hydroxylation sites is 1. The number of methoxy groups -OCH3 is 1. The number of hydrogen-bond donors (Lipinski definition) is 4. The van der Waals surface area contributed by atoms with Gasteiger partial charge in [0.1, 0.15) is 23.6 Å². The van der Waals surface area contributed by atoms with Gasteiger partial charge in [-0.15, -0.1) is 0 Å². The van der Waals surface area contributed by atoms with Crippen molar-refractivity contribution in [2.45, 2.75) is 0 Å². The first-order chi connectivity index (χ1) is 13.2. The molecule has 28 heavy (non-hydrogen) atoms. The maximum absolute atomic E-state index is 12.2. The molecule has 0 radical (unpaired) electrons. The Bertz CT molecular complexity index is 966. The average molecular weight is 391 g/mol. The highest BCUT2D eigenvalue weighted by molar-refractivity contribution is 6.08. The number of nitrogen functional groups attached to an aromatic ring is 1. The Labute approximate surface area is 160 Å². The first-order valence-corrected chi connectivity index (χ1v) is 8.16. The molecule has 5 N–H and O–H groups in total. The van der Waals surface area contributed by atoms with E-state index in [1.54, 1.807) is 6.07 Å². The number of carboxylic acids is 2. The summed E-state index contributed by atoms with van der Waals surface area (Å²) in [6.45, 7) is 0.746. The normalized spacial score (nSPS) is 10.7. The van der Waals surface area contributed by atoms with Gasteiger partial charge in [0.05, 0.1) is 7.11 Å². The van der Waals surface area contributed by atoms with Gasteiger partial charge in [-0.1, -0.05) is 12.1 Å². The second kappa shape index (κ2) is 8.44. The van der Waals surface area contributed by atoms with Crippen LogP contribution in [0, 0.1) is 0 Å². The molecular formula is C18H21N3O7. The number of nitrogens with two attached hydrogens (primary N) is 1. The number of nitrogens with one attached hydrogen (secondary N) is 1. The Morgan fingerprint density at radius 1 is 1.18 bits per heavy atom. The van der Waals surface area contributed by atoms with Gasteiger partial charge < -0.3 is 35.3 Å².